The quantitative estimate of drug-likeness (QED) is 0.394. The lowest BCUT2D eigenvalue weighted by Crippen LogP contribution is -2.28. The smallest absolute Gasteiger partial charge is 0.151 e. The Balaban J connectivity index is 1.76. The van der Waals surface area contributed by atoms with Crippen LogP contribution in [0.25, 0.3) is 0 Å². The number of fused-ring (bicyclic) bond motifs is 5. The van der Waals surface area contributed by atoms with Crippen molar-refractivity contribution in [3.05, 3.63) is 12.2 Å². The summed E-state index contributed by atoms with van der Waals surface area (Å²) in [6, 6.07) is 0. The normalized spacial score (nSPS) is 48.4. The van der Waals surface area contributed by atoms with E-state index in [1.807, 2.05) is 0 Å². The van der Waals surface area contributed by atoms with Crippen molar-refractivity contribution < 1.29 is 0 Å². The zero-order chi connectivity index (χ0) is 9.71. The van der Waals surface area contributed by atoms with E-state index in [0.717, 1.165) is 23.7 Å². The van der Waals surface area contributed by atoms with Gasteiger partial charge in [-0.3, -0.25) is 5.41 Å². The minimum atomic E-state index is 0.307. The molecule has 3 heteroatoms. The number of hydrogen-bond acceptors (Lipinski definition) is 2. The molecule has 3 N–H and O–H groups in total. The molecule has 2 bridgehead atoms. The monoisotopic (exact) mass is 208 g/mol. The number of nitrogens with one attached hydrogen (secondary N) is 1. The van der Waals surface area contributed by atoms with Crippen LogP contribution in [-0.4, -0.2) is 10.4 Å². The molecule has 0 aliphatic heterocycles. The molecule has 0 heterocycles. The molecule has 2 fully saturated rings. The van der Waals surface area contributed by atoms with Gasteiger partial charge in [-0.2, -0.15) is 0 Å². The van der Waals surface area contributed by atoms with Gasteiger partial charge in [0.2, 0.25) is 0 Å². The third-order valence-corrected chi connectivity index (χ3v) is 5.33. The molecule has 3 aliphatic rings. The van der Waals surface area contributed by atoms with Crippen LogP contribution in [0.15, 0.2) is 12.2 Å². The van der Waals surface area contributed by atoms with Gasteiger partial charge in [-0.25, -0.2) is 0 Å². The Morgan fingerprint density at radius 3 is 3.00 bits per heavy atom. The molecule has 5 atom stereocenters. The third-order valence-electron chi connectivity index (χ3n) is 4.23. The SMILES string of the molecule is N=C(N)S[C@@H]1C[C@H]2C[C@H]1[C@H]1C=CC[C@@H]21. The number of thioether (sulfide) groups is 1. The molecule has 3 aliphatic carbocycles. The van der Waals surface area contributed by atoms with Crippen molar-refractivity contribution in [1.29, 1.82) is 5.41 Å². The van der Waals surface area contributed by atoms with Gasteiger partial charge in [0, 0.05) is 5.25 Å². The van der Waals surface area contributed by atoms with E-state index in [0.29, 0.717) is 10.4 Å². The van der Waals surface area contributed by atoms with Gasteiger partial charge in [-0.1, -0.05) is 23.9 Å². The van der Waals surface area contributed by atoms with Crippen LogP contribution in [0.4, 0.5) is 0 Å². The second-order valence-corrected chi connectivity index (χ2v) is 6.10. The van der Waals surface area contributed by atoms with Crippen LogP contribution in [0.3, 0.4) is 0 Å². The molecule has 0 saturated heterocycles. The van der Waals surface area contributed by atoms with Gasteiger partial charge >= 0.3 is 0 Å². The maximum Gasteiger partial charge on any atom is 0.151 e. The van der Waals surface area contributed by atoms with Gasteiger partial charge in [-0.05, 0) is 42.9 Å². The highest BCUT2D eigenvalue weighted by Gasteiger charge is 2.52. The molecule has 3 rings (SSSR count). The highest BCUT2D eigenvalue weighted by molar-refractivity contribution is 8.14. The molecule has 76 valence electrons. The second-order valence-electron chi connectivity index (χ2n) is 4.82. The molecule has 0 spiro atoms. The van der Waals surface area contributed by atoms with E-state index in [2.05, 4.69) is 12.2 Å². The Kier molecular flexibility index (Phi) is 1.91. The van der Waals surface area contributed by atoms with Crippen molar-refractivity contribution in [3.63, 3.8) is 0 Å². The largest absolute Gasteiger partial charge is 0.379 e. The van der Waals surface area contributed by atoms with Gasteiger partial charge in [0.25, 0.3) is 0 Å². The van der Waals surface area contributed by atoms with Crippen molar-refractivity contribution in [1.82, 2.24) is 0 Å². The van der Waals surface area contributed by atoms with E-state index < -0.39 is 0 Å². The van der Waals surface area contributed by atoms with E-state index in [1.54, 1.807) is 11.8 Å². The van der Waals surface area contributed by atoms with Crippen molar-refractivity contribution in [2.24, 2.45) is 29.4 Å². The summed E-state index contributed by atoms with van der Waals surface area (Å²) in [5.74, 6) is 3.52. The number of hydrogen-bond donors (Lipinski definition) is 2. The van der Waals surface area contributed by atoms with Crippen LogP contribution in [-0.2, 0) is 0 Å². The fraction of sp³-hybridized carbons (Fsp3) is 0.727. The highest BCUT2D eigenvalue weighted by atomic mass is 32.2. The summed E-state index contributed by atoms with van der Waals surface area (Å²) in [6.45, 7) is 0. The molecule has 2 nitrogen and oxygen atoms in total. The first-order valence-electron chi connectivity index (χ1n) is 5.43. The molecule has 2 saturated carbocycles. The van der Waals surface area contributed by atoms with Crippen LogP contribution in [0.5, 0.6) is 0 Å². The Morgan fingerprint density at radius 1 is 1.36 bits per heavy atom. The Morgan fingerprint density at radius 2 is 2.21 bits per heavy atom. The molecule has 0 aromatic carbocycles. The van der Waals surface area contributed by atoms with E-state index in [9.17, 15) is 0 Å². The standard InChI is InChI=1S/C11H16N2S/c12-11(13)14-10-5-6-4-9(10)8-3-1-2-7(6)8/h1,3,6-10H,2,4-5H2,(H3,12,13)/t6-,7+,8+,9+,10-/m1/s1. The maximum absolute atomic E-state index is 7.35. The summed E-state index contributed by atoms with van der Waals surface area (Å²) < 4.78 is 0. The molecule has 0 unspecified atom stereocenters. The average molecular weight is 208 g/mol. The van der Waals surface area contributed by atoms with Gasteiger partial charge in [0.05, 0.1) is 0 Å². The lowest BCUT2D eigenvalue weighted by atomic mass is 9.81. The van der Waals surface area contributed by atoms with Crippen LogP contribution < -0.4 is 5.73 Å². The molecule has 0 aromatic rings. The van der Waals surface area contributed by atoms with Crippen LogP contribution in [0.2, 0.25) is 0 Å². The van der Waals surface area contributed by atoms with Crippen LogP contribution in [0, 0.1) is 29.1 Å². The van der Waals surface area contributed by atoms with Crippen molar-refractivity contribution >= 4 is 16.9 Å². The summed E-state index contributed by atoms with van der Waals surface area (Å²) >= 11 is 1.60. The topological polar surface area (TPSA) is 49.9 Å². The lowest BCUT2D eigenvalue weighted by molar-refractivity contribution is 0.292. The van der Waals surface area contributed by atoms with Crippen LogP contribution >= 0.6 is 11.8 Å². The molecular weight excluding hydrogens is 192 g/mol. The van der Waals surface area contributed by atoms with E-state index in [1.165, 1.54) is 19.3 Å². The summed E-state index contributed by atoms with van der Waals surface area (Å²) in [6.07, 6.45) is 8.78. The van der Waals surface area contributed by atoms with E-state index in [4.69, 9.17) is 11.1 Å². The van der Waals surface area contributed by atoms with Crippen molar-refractivity contribution in [2.75, 3.05) is 0 Å². The number of nitrogens with two attached hydrogens (primary N) is 1. The fourth-order valence-electron chi connectivity index (χ4n) is 3.78. The highest BCUT2D eigenvalue weighted by Crippen LogP contribution is 2.59. The first-order chi connectivity index (χ1) is 6.75. The molecular formula is C11H16N2S. The predicted molar refractivity (Wildman–Crippen MR) is 60.2 cm³/mol. The van der Waals surface area contributed by atoms with Crippen LogP contribution in [0.1, 0.15) is 19.3 Å². The van der Waals surface area contributed by atoms with Crippen molar-refractivity contribution in [2.45, 2.75) is 24.5 Å². The van der Waals surface area contributed by atoms with Gasteiger partial charge in [0.15, 0.2) is 5.17 Å². The zero-order valence-electron chi connectivity index (χ0n) is 8.15. The Hall–Kier alpha value is -0.440. The van der Waals surface area contributed by atoms with Crippen molar-refractivity contribution in [3.8, 4) is 0 Å². The molecule has 14 heavy (non-hydrogen) atoms. The predicted octanol–water partition coefficient (Wildman–Crippen LogP) is 2.21. The number of amidine groups is 1. The summed E-state index contributed by atoms with van der Waals surface area (Å²) in [7, 11) is 0. The van der Waals surface area contributed by atoms with E-state index in [-0.39, 0.29) is 0 Å². The molecule has 0 amide bonds. The Labute approximate surface area is 88.8 Å². The van der Waals surface area contributed by atoms with Gasteiger partial charge in [0.1, 0.15) is 0 Å². The molecule has 0 aromatic heterocycles. The minimum Gasteiger partial charge on any atom is -0.379 e. The number of allylic oxidation sites excluding steroid dienone is 2. The first-order valence-corrected chi connectivity index (χ1v) is 6.31. The summed E-state index contributed by atoms with van der Waals surface area (Å²) in [4.78, 5) is 0. The first kappa shape index (κ1) is 8.84. The van der Waals surface area contributed by atoms with E-state index >= 15 is 0 Å². The second kappa shape index (κ2) is 3.02. The lowest BCUT2D eigenvalue weighted by Gasteiger charge is -2.30. The van der Waals surface area contributed by atoms with Gasteiger partial charge in [-0.15, -0.1) is 0 Å². The minimum absolute atomic E-state index is 0.307. The summed E-state index contributed by atoms with van der Waals surface area (Å²) in [5.41, 5.74) is 5.47. The maximum atomic E-state index is 7.35. The Bertz CT molecular complexity index is 300. The number of rotatable bonds is 1. The van der Waals surface area contributed by atoms with Gasteiger partial charge < -0.3 is 5.73 Å². The third kappa shape index (κ3) is 1.14. The fourth-order valence-corrected chi connectivity index (χ4v) is 4.92. The average Bonchev–Trinajstić information content (AvgIpc) is 2.68. The zero-order valence-corrected chi connectivity index (χ0v) is 8.96. The molecule has 0 radical (unpaired) electrons. The summed E-state index contributed by atoms with van der Waals surface area (Å²) in [5, 5.41) is 8.30.